The Morgan fingerprint density at radius 1 is 0.885 bits per heavy atom. The van der Waals surface area contributed by atoms with E-state index in [1.54, 1.807) is 18.2 Å². The molecule has 0 spiro atoms. The van der Waals surface area contributed by atoms with Crippen LogP contribution in [0.3, 0.4) is 0 Å². The van der Waals surface area contributed by atoms with Crippen LogP contribution in [0.5, 0.6) is 11.5 Å². The number of hydrogen-bond acceptors (Lipinski definition) is 4. The van der Waals surface area contributed by atoms with Crippen molar-refractivity contribution in [2.75, 3.05) is 36.9 Å². The van der Waals surface area contributed by atoms with Gasteiger partial charge in [0.05, 0.1) is 0 Å². The first-order valence-electron chi connectivity index (χ1n) is 9.05. The topological polar surface area (TPSA) is 62.8 Å². The molecule has 0 atom stereocenters. The zero-order valence-corrected chi connectivity index (χ0v) is 14.7. The fourth-order valence-electron chi connectivity index (χ4n) is 3.31. The molecule has 2 aromatic rings. The molecule has 4 rings (SSSR count). The summed E-state index contributed by atoms with van der Waals surface area (Å²) < 4.78 is 11.0. The molecule has 6 heteroatoms. The van der Waals surface area contributed by atoms with E-state index in [2.05, 4.69) is 27.7 Å². The minimum atomic E-state index is -0.283. The lowest BCUT2D eigenvalue weighted by Gasteiger charge is -2.19. The summed E-state index contributed by atoms with van der Waals surface area (Å²) in [6.45, 7) is 4.40. The lowest BCUT2D eigenvalue weighted by Crippen LogP contribution is -2.20. The largest absolute Gasteiger partial charge is 0.486 e. The van der Waals surface area contributed by atoms with Crippen molar-refractivity contribution in [2.24, 2.45) is 0 Å². The molecule has 136 valence electrons. The highest BCUT2D eigenvalue weighted by Crippen LogP contribution is 2.32. The van der Waals surface area contributed by atoms with Gasteiger partial charge in [-0.05, 0) is 55.8 Å². The summed E-state index contributed by atoms with van der Waals surface area (Å²) >= 11 is 0. The first kappa shape index (κ1) is 16.7. The number of nitrogens with zero attached hydrogens (tertiary/aromatic N) is 1. The van der Waals surface area contributed by atoms with Crippen LogP contribution in [-0.4, -0.2) is 37.2 Å². The second-order valence-electron chi connectivity index (χ2n) is 6.62. The maximum absolute atomic E-state index is 12.2. The third-order valence-corrected chi connectivity index (χ3v) is 4.62. The van der Waals surface area contributed by atoms with E-state index in [1.807, 2.05) is 12.1 Å². The molecule has 2 aliphatic rings. The molecule has 6 nitrogen and oxygen atoms in total. The SMILES string of the molecule is O=C(Nc1ccc(CN2CCCC2)cc1)Nc1ccc2c(c1)OCCO2. The molecular formula is C20H23N3O3. The molecule has 0 aromatic heterocycles. The summed E-state index contributed by atoms with van der Waals surface area (Å²) in [6, 6.07) is 13.1. The Hall–Kier alpha value is -2.73. The lowest BCUT2D eigenvalue weighted by atomic mass is 10.2. The third-order valence-electron chi connectivity index (χ3n) is 4.62. The minimum absolute atomic E-state index is 0.283. The van der Waals surface area contributed by atoms with Crippen LogP contribution in [0.15, 0.2) is 42.5 Å². The van der Waals surface area contributed by atoms with Crippen LogP contribution in [0.4, 0.5) is 16.2 Å². The molecule has 0 unspecified atom stereocenters. The number of benzene rings is 2. The van der Waals surface area contributed by atoms with Crippen molar-refractivity contribution in [3.8, 4) is 11.5 Å². The number of fused-ring (bicyclic) bond motifs is 1. The molecule has 0 radical (unpaired) electrons. The number of nitrogens with one attached hydrogen (secondary N) is 2. The average molecular weight is 353 g/mol. The zero-order chi connectivity index (χ0) is 17.8. The summed E-state index contributed by atoms with van der Waals surface area (Å²) in [7, 11) is 0. The van der Waals surface area contributed by atoms with Crippen LogP contribution >= 0.6 is 0 Å². The monoisotopic (exact) mass is 353 g/mol. The molecule has 2 N–H and O–H groups in total. The summed E-state index contributed by atoms with van der Waals surface area (Å²) in [5, 5.41) is 5.68. The molecule has 1 saturated heterocycles. The Bertz CT molecular complexity index is 770. The Balaban J connectivity index is 1.32. The fourth-order valence-corrected chi connectivity index (χ4v) is 3.31. The van der Waals surface area contributed by atoms with Crippen LogP contribution < -0.4 is 20.1 Å². The second kappa shape index (κ2) is 7.66. The van der Waals surface area contributed by atoms with E-state index in [-0.39, 0.29) is 6.03 Å². The van der Waals surface area contributed by atoms with Gasteiger partial charge >= 0.3 is 6.03 Å². The van der Waals surface area contributed by atoms with E-state index < -0.39 is 0 Å². The van der Waals surface area contributed by atoms with Gasteiger partial charge in [0.1, 0.15) is 13.2 Å². The van der Waals surface area contributed by atoms with Crippen molar-refractivity contribution in [3.63, 3.8) is 0 Å². The molecule has 26 heavy (non-hydrogen) atoms. The van der Waals surface area contributed by atoms with Gasteiger partial charge in [-0.15, -0.1) is 0 Å². The summed E-state index contributed by atoms with van der Waals surface area (Å²) in [4.78, 5) is 14.7. The minimum Gasteiger partial charge on any atom is -0.486 e. The van der Waals surface area contributed by atoms with Crippen LogP contribution in [0, 0.1) is 0 Å². The first-order chi connectivity index (χ1) is 12.8. The lowest BCUT2D eigenvalue weighted by molar-refractivity contribution is 0.171. The normalized spacial score (nSPS) is 16.3. The van der Waals surface area contributed by atoms with E-state index in [0.717, 1.165) is 12.2 Å². The molecule has 2 aromatic carbocycles. The molecule has 1 fully saturated rings. The number of rotatable bonds is 4. The number of carbonyl (C=O) groups is 1. The highest BCUT2D eigenvalue weighted by molar-refractivity contribution is 5.99. The van der Waals surface area contributed by atoms with Gasteiger partial charge in [-0.3, -0.25) is 4.90 Å². The van der Waals surface area contributed by atoms with E-state index in [4.69, 9.17) is 9.47 Å². The van der Waals surface area contributed by atoms with Gasteiger partial charge in [-0.1, -0.05) is 12.1 Å². The fraction of sp³-hybridized carbons (Fsp3) is 0.350. The van der Waals surface area contributed by atoms with Gasteiger partial charge < -0.3 is 20.1 Å². The molecule has 2 aliphatic heterocycles. The number of hydrogen-bond donors (Lipinski definition) is 2. The Morgan fingerprint density at radius 2 is 1.54 bits per heavy atom. The van der Waals surface area contributed by atoms with Gasteiger partial charge in [-0.2, -0.15) is 0 Å². The Labute approximate surface area is 153 Å². The van der Waals surface area contributed by atoms with Gasteiger partial charge in [-0.25, -0.2) is 4.79 Å². The Kier molecular flexibility index (Phi) is 4.93. The van der Waals surface area contributed by atoms with Crippen molar-refractivity contribution in [2.45, 2.75) is 19.4 Å². The third kappa shape index (κ3) is 4.08. The van der Waals surface area contributed by atoms with Gasteiger partial charge in [0.25, 0.3) is 0 Å². The predicted molar refractivity (Wildman–Crippen MR) is 101 cm³/mol. The number of urea groups is 1. The van der Waals surface area contributed by atoms with E-state index in [9.17, 15) is 4.79 Å². The van der Waals surface area contributed by atoms with Crippen LogP contribution in [0.2, 0.25) is 0 Å². The Morgan fingerprint density at radius 3 is 2.31 bits per heavy atom. The standard InChI is InChI=1S/C20H23N3O3/c24-20(22-17-7-8-18-19(13-17)26-12-11-25-18)21-16-5-3-15(4-6-16)14-23-9-1-2-10-23/h3-8,13H,1-2,9-12,14H2,(H2,21,22,24). The first-order valence-corrected chi connectivity index (χ1v) is 9.05. The van der Waals surface area contributed by atoms with Gasteiger partial charge in [0, 0.05) is 24.0 Å². The number of likely N-dealkylation sites (tertiary alicyclic amines) is 1. The zero-order valence-electron chi connectivity index (χ0n) is 14.7. The molecule has 2 heterocycles. The van der Waals surface area contributed by atoms with Crippen molar-refractivity contribution in [1.82, 2.24) is 4.90 Å². The highest BCUT2D eigenvalue weighted by Gasteiger charge is 2.13. The van der Waals surface area contributed by atoms with Crippen molar-refractivity contribution in [1.29, 1.82) is 0 Å². The van der Waals surface area contributed by atoms with Crippen molar-refractivity contribution >= 4 is 17.4 Å². The molecule has 2 amide bonds. The number of carbonyl (C=O) groups excluding carboxylic acids is 1. The number of amides is 2. The highest BCUT2D eigenvalue weighted by atomic mass is 16.6. The predicted octanol–water partition coefficient (Wildman–Crippen LogP) is 3.70. The molecule has 0 saturated carbocycles. The summed E-state index contributed by atoms with van der Waals surface area (Å²) in [5.41, 5.74) is 2.70. The average Bonchev–Trinajstić information content (AvgIpc) is 3.16. The van der Waals surface area contributed by atoms with E-state index in [1.165, 1.54) is 31.5 Å². The summed E-state index contributed by atoms with van der Waals surface area (Å²) in [5.74, 6) is 1.36. The number of ether oxygens (including phenoxy) is 2. The van der Waals surface area contributed by atoms with Crippen LogP contribution in [0.25, 0.3) is 0 Å². The van der Waals surface area contributed by atoms with Crippen LogP contribution in [0.1, 0.15) is 18.4 Å². The second-order valence-corrected chi connectivity index (χ2v) is 6.62. The van der Waals surface area contributed by atoms with Gasteiger partial charge in [0.15, 0.2) is 11.5 Å². The molecule has 0 aliphatic carbocycles. The quantitative estimate of drug-likeness (QED) is 0.880. The van der Waals surface area contributed by atoms with E-state index in [0.29, 0.717) is 30.4 Å². The smallest absolute Gasteiger partial charge is 0.323 e. The van der Waals surface area contributed by atoms with E-state index >= 15 is 0 Å². The molecular weight excluding hydrogens is 330 g/mol. The summed E-state index contributed by atoms with van der Waals surface area (Å²) in [6.07, 6.45) is 2.58. The maximum Gasteiger partial charge on any atom is 0.323 e. The van der Waals surface area contributed by atoms with Crippen LogP contribution in [-0.2, 0) is 6.54 Å². The maximum atomic E-state index is 12.2. The van der Waals surface area contributed by atoms with Gasteiger partial charge in [0.2, 0.25) is 0 Å². The van der Waals surface area contributed by atoms with Crippen molar-refractivity contribution in [3.05, 3.63) is 48.0 Å². The molecule has 0 bridgehead atoms. The number of anilines is 2. The van der Waals surface area contributed by atoms with Crippen molar-refractivity contribution < 1.29 is 14.3 Å².